The molecule has 0 aliphatic heterocycles. The highest BCUT2D eigenvalue weighted by atomic mass is 16.5. The quantitative estimate of drug-likeness (QED) is 0.824. The Balaban J connectivity index is 2.50. The maximum atomic E-state index is 11.9. The molecule has 1 unspecified atom stereocenters. The van der Waals surface area contributed by atoms with Crippen molar-refractivity contribution in [2.45, 2.75) is 33.2 Å². The summed E-state index contributed by atoms with van der Waals surface area (Å²) in [7, 11) is 0. The number of hydrogen-bond donors (Lipinski definition) is 2. The Kier molecular flexibility index (Phi) is 5.36. The smallest absolute Gasteiger partial charge is 0.258 e. The van der Waals surface area contributed by atoms with Gasteiger partial charge in [-0.05, 0) is 31.9 Å². The van der Waals surface area contributed by atoms with Gasteiger partial charge in [0.05, 0.1) is 5.54 Å². The summed E-state index contributed by atoms with van der Waals surface area (Å²) in [5.74, 6) is 0.808. The largest absolute Gasteiger partial charge is 0.484 e. The summed E-state index contributed by atoms with van der Waals surface area (Å²) >= 11 is 0. The average Bonchev–Trinajstić information content (AvgIpc) is 2.37. The molecule has 1 amide bonds. The van der Waals surface area contributed by atoms with Crippen molar-refractivity contribution in [2.75, 3.05) is 13.2 Å². The van der Waals surface area contributed by atoms with Crippen molar-refractivity contribution in [3.8, 4) is 5.75 Å². The molecule has 4 heteroatoms. The van der Waals surface area contributed by atoms with Crippen molar-refractivity contribution < 1.29 is 9.53 Å². The summed E-state index contributed by atoms with van der Waals surface area (Å²) in [5.41, 5.74) is 6.49. The minimum Gasteiger partial charge on any atom is -0.484 e. The fourth-order valence-corrected chi connectivity index (χ4v) is 1.57. The van der Waals surface area contributed by atoms with Gasteiger partial charge in [-0.2, -0.15) is 0 Å². The van der Waals surface area contributed by atoms with E-state index < -0.39 is 5.54 Å². The Morgan fingerprint density at radius 1 is 1.37 bits per heavy atom. The van der Waals surface area contributed by atoms with E-state index in [1.54, 1.807) is 0 Å². The zero-order valence-corrected chi connectivity index (χ0v) is 12.2. The molecule has 0 saturated heterocycles. The third kappa shape index (κ3) is 4.56. The van der Waals surface area contributed by atoms with E-state index in [0.29, 0.717) is 12.3 Å². The molecule has 1 aromatic rings. The van der Waals surface area contributed by atoms with Crippen molar-refractivity contribution in [1.29, 1.82) is 0 Å². The highest BCUT2D eigenvalue weighted by Gasteiger charge is 2.28. The van der Waals surface area contributed by atoms with Gasteiger partial charge in [0.25, 0.3) is 5.91 Å². The molecule has 0 saturated carbocycles. The lowest BCUT2D eigenvalue weighted by atomic mass is 9.88. The zero-order valence-electron chi connectivity index (χ0n) is 12.2. The molecule has 1 aromatic carbocycles. The fourth-order valence-electron chi connectivity index (χ4n) is 1.57. The minimum absolute atomic E-state index is 0.00533. The van der Waals surface area contributed by atoms with Crippen molar-refractivity contribution in [1.82, 2.24) is 5.32 Å². The minimum atomic E-state index is -0.395. The van der Waals surface area contributed by atoms with E-state index in [9.17, 15) is 4.79 Å². The number of nitrogens with two attached hydrogens (primary N) is 1. The molecule has 1 rings (SSSR count). The standard InChI is InChI=1S/C15H24N2O2/c1-11(2)15(4,10-16)17-14(18)9-19-13-7-5-12(3)6-8-13/h5-8,11H,9-10,16H2,1-4H3,(H,17,18). The van der Waals surface area contributed by atoms with E-state index in [4.69, 9.17) is 10.5 Å². The van der Waals surface area contributed by atoms with Crippen LogP contribution >= 0.6 is 0 Å². The molecule has 106 valence electrons. The number of aryl methyl sites for hydroxylation is 1. The molecule has 0 radical (unpaired) electrons. The molecule has 4 nitrogen and oxygen atoms in total. The number of carbonyl (C=O) groups excluding carboxylic acids is 1. The van der Waals surface area contributed by atoms with Crippen molar-refractivity contribution in [3.05, 3.63) is 29.8 Å². The highest BCUT2D eigenvalue weighted by molar-refractivity contribution is 5.78. The number of hydrogen-bond acceptors (Lipinski definition) is 3. The summed E-state index contributed by atoms with van der Waals surface area (Å²) in [5, 5.41) is 2.94. The first-order valence-electron chi connectivity index (χ1n) is 6.58. The Bertz CT molecular complexity index is 415. The van der Waals surface area contributed by atoms with Crippen LogP contribution in [0.4, 0.5) is 0 Å². The number of amides is 1. The van der Waals surface area contributed by atoms with Gasteiger partial charge in [-0.15, -0.1) is 0 Å². The maximum Gasteiger partial charge on any atom is 0.258 e. The second kappa shape index (κ2) is 6.57. The molecular weight excluding hydrogens is 240 g/mol. The lowest BCUT2D eigenvalue weighted by Crippen LogP contribution is -2.56. The van der Waals surface area contributed by atoms with Crippen molar-refractivity contribution in [3.63, 3.8) is 0 Å². The summed E-state index contributed by atoms with van der Waals surface area (Å²) < 4.78 is 5.44. The molecule has 0 bridgehead atoms. The molecule has 0 aromatic heterocycles. The van der Waals surface area contributed by atoms with E-state index in [1.807, 2.05) is 52.0 Å². The van der Waals surface area contributed by atoms with Gasteiger partial charge in [0, 0.05) is 6.54 Å². The van der Waals surface area contributed by atoms with Gasteiger partial charge in [0.15, 0.2) is 6.61 Å². The van der Waals surface area contributed by atoms with Crippen LogP contribution in [-0.4, -0.2) is 24.6 Å². The molecule has 0 aliphatic rings. The molecular formula is C15H24N2O2. The Morgan fingerprint density at radius 2 is 1.95 bits per heavy atom. The Hall–Kier alpha value is -1.55. The Labute approximate surface area is 115 Å². The summed E-state index contributed by atoms with van der Waals surface area (Å²) in [4.78, 5) is 11.9. The van der Waals surface area contributed by atoms with E-state index in [2.05, 4.69) is 5.32 Å². The van der Waals surface area contributed by atoms with Gasteiger partial charge >= 0.3 is 0 Å². The van der Waals surface area contributed by atoms with Crippen LogP contribution in [0.15, 0.2) is 24.3 Å². The van der Waals surface area contributed by atoms with Crippen molar-refractivity contribution in [2.24, 2.45) is 11.7 Å². The lowest BCUT2D eigenvalue weighted by molar-refractivity contribution is -0.125. The molecule has 3 N–H and O–H groups in total. The number of rotatable bonds is 6. The number of carbonyl (C=O) groups is 1. The lowest BCUT2D eigenvalue weighted by Gasteiger charge is -2.33. The van der Waals surface area contributed by atoms with Gasteiger partial charge < -0.3 is 15.8 Å². The van der Waals surface area contributed by atoms with Crippen LogP contribution in [-0.2, 0) is 4.79 Å². The average molecular weight is 264 g/mol. The van der Waals surface area contributed by atoms with E-state index >= 15 is 0 Å². The van der Waals surface area contributed by atoms with Crippen LogP contribution in [0.2, 0.25) is 0 Å². The summed E-state index contributed by atoms with van der Waals surface area (Å²) in [6.45, 7) is 8.43. The molecule has 1 atom stereocenters. The Morgan fingerprint density at radius 3 is 2.42 bits per heavy atom. The summed E-state index contributed by atoms with van der Waals surface area (Å²) in [6, 6.07) is 7.61. The van der Waals surface area contributed by atoms with E-state index in [-0.39, 0.29) is 18.4 Å². The predicted molar refractivity (Wildman–Crippen MR) is 77.1 cm³/mol. The first kappa shape index (κ1) is 15.5. The van der Waals surface area contributed by atoms with Crippen LogP contribution in [0.5, 0.6) is 5.75 Å². The zero-order chi connectivity index (χ0) is 14.5. The molecule has 19 heavy (non-hydrogen) atoms. The van der Waals surface area contributed by atoms with Gasteiger partial charge in [-0.25, -0.2) is 0 Å². The second-order valence-electron chi connectivity index (χ2n) is 5.43. The third-order valence-electron chi connectivity index (χ3n) is 3.51. The monoisotopic (exact) mass is 264 g/mol. The van der Waals surface area contributed by atoms with Crippen molar-refractivity contribution >= 4 is 5.91 Å². The molecule has 0 heterocycles. The SMILES string of the molecule is Cc1ccc(OCC(=O)NC(C)(CN)C(C)C)cc1. The van der Waals surface area contributed by atoms with Crippen LogP contribution in [0, 0.1) is 12.8 Å². The molecule has 0 aliphatic carbocycles. The predicted octanol–water partition coefficient (Wildman–Crippen LogP) is 1.86. The summed E-state index contributed by atoms with van der Waals surface area (Å²) in [6.07, 6.45) is 0. The van der Waals surface area contributed by atoms with Crippen LogP contribution < -0.4 is 15.8 Å². The first-order chi connectivity index (χ1) is 8.87. The highest BCUT2D eigenvalue weighted by Crippen LogP contribution is 2.15. The number of ether oxygens (including phenoxy) is 1. The van der Waals surface area contributed by atoms with E-state index in [1.165, 1.54) is 0 Å². The second-order valence-corrected chi connectivity index (χ2v) is 5.43. The molecule has 0 spiro atoms. The number of benzene rings is 1. The first-order valence-corrected chi connectivity index (χ1v) is 6.58. The third-order valence-corrected chi connectivity index (χ3v) is 3.51. The van der Waals surface area contributed by atoms with Crippen LogP contribution in [0.3, 0.4) is 0 Å². The van der Waals surface area contributed by atoms with Gasteiger partial charge in [-0.3, -0.25) is 4.79 Å². The van der Waals surface area contributed by atoms with Crippen LogP contribution in [0.25, 0.3) is 0 Å². The van der Waals surface area contributed by atoms with Crippen LogP contribution in [0.1, 0.15) is 26.3 Å². The number of nitrogens with one attached hydrogen (secondary N) is 1. The van der Waals surface area contributed by atoms with Gasteiger partial charge in [-0.1, -0.05) is 31.5 Å². The van der Waals surface area contributed by atoms with Gasteiger partial charge in [0.2, 0.25) is 0 Å². The van der Waals surface area contributed by atoms with E-state index in [0.717, 1.165) is 5.56 Å². The maximum absolute atomic E-state index is 11.9. The van der Waals surface area contributed by atoms with Gasteiger partial charge in [0.1, 0.15) is 5.75 Å². The topological polar surface area (TPSA) is 64.3 Å². The molecule has 0 fully saturated rings. The normalized spacial score (nSPS) is 14.0. The fraction of sp³-hybridized carbons (Fsp3) is 0.533.